The third-order valence-corrected chi connectivity index (χ3v) is 5.19. The number of hydrogen-bond acceptors (Lipinski definition) is 5. The van der Waals surface area contributed by atoms with Crippen LogP contribution in [-0.4, -0.2) is 11.5 Å². The summed E-state index contributed by atoms with van der Waals surface area (Å²) in [4.78, 5) is 8.50. The van der Waals surface area contributed by atoms with Gasteiger partial charge in [0.15, 0.2) is 5.13 Å². The average Bonchev–Trinajstić information content (AvgIpc) is 2.97. The number of hydrogen-bond donors (Lipinski definition) is 1. The summed E-state index contributed by atoms with van der Waals surface area (Å²) in [5.41, 5.74) is 8.07. The maximum absolute atomic E-state index is 5.61. The van der Waals surface area contributed by atoms with Gasteiger partial charge in [0, 0.05) is 23.3 Å². The lowest BCUT2D eigenvalue weighted by atomic mass is 10.0. The Morgan fingerprint density at radius 1 is 1.53 bits per heavy atom. The van der Waals surface area contributed by atoms with Crippen molar-refractivity contribution >= 4 is 27.8 Å². The van der Waals surface area contributed by atoms with Gasteiger partial charge in [-0.2, -0.15) is 0 Å². The number of thiophene rings is 1. The molecule has 0 radical (unpaired) electrons. The molecule has 0 saturated carbocycles. The van der Waals surface area contributed by atoms with E-state index in [0.29, 0.717) is 12.6 Å². The molecule has 3 heterocycles. The van der Waals surface area contributed by atoms with Crippen LogP contribution in [0.1, 0.15) is 29.1 Å². The summed E-state index contributed by atoms with van der Waals surface area (Å²) in [6.45, 7) is 3.85. The molecule has 2 aromatic heterocycles. The highest BCUT2D eigenvalue weighted by atomic mass is 32.1. The Morgan fingerprint density at radius 3 is 3.18 bits per heavy atom. The Hall–Kier alpha value is -0.910. The second-order valence-corrected chi connectivity index (χ2v) is 6.08. The Morgan fingerprint density at radius 2 is 2.41 bits per heavy atom. The van der Waals surface area contributed by atoms with Gasteiger partial charge >= 0.3 is 0 Å². The molecule has 5 heteroatoms. The van der Waals surface area contributed by atoms with E-state index in [1.54, 1.807) is 11.3 Å². The van der Waals surface area contributed by atoms with Crippen LogP contribution in [0, 0.1) is 0 Å². The Balaban J connectivity index is 1.91. The molecule has 0 saturated heterocycles. The minimum atomic E-state index is 0.432. The van der Waals surface area contributed by atoms with Crippen molar-refractivity contribution in [1.29, 1.82) is 0 Å². The molecular formula is C12H15N3S2. The third-order valence-electron chi connectivity index (χ3n) is 3.27. The van der Waals surface area contributed by atoms with Crippen LogP contribution >= 0.6 is 22.7 Å². The van der Waals surface area contributed by atoms with Gasteiger partial charge in [0.05, 0.1) is 11.7 Å². The highest BCUT2D eigenvalue weighted by molar-refractivity contribution is 7.13. The van der Waals surface area contributed by atoms with Gasteiger partial charge in [-0.1, -0.05) is 0 Å². The van der Waals surface area contributed by atoms with E-state index >= 15 is 0 Å². The number of anilines is 1. The monoisotopic (exact) mass is 265 g/mol. The molecule has 2 aromatic rings. The van der Waals surface area contributed by atoms with Gasteiger partial charge in [0.2, 0.25) is 0 Å². The molecule has 1 aliphatic rings. The maximum atomic E-state index is 5.61. The molecule has 1 unspecified atom stereocenters. The van der Waals surface area contributed by atoms with Crippen molar-refractivity contribution in [3.8, 4) is 0 Å². The largest absolute Gasteiger partial charge is 0.341 e. The van der Waals surface area contributed by atoms with Crippen LogP contribution in [0.25, 0.3) is 0 Å². The van der Waals surface area contributed by atoms with E-state index in [4.69, 9.17) is 5.73 Å². The molecule has 90 valence electrons. The standard InChI is InChI=1S/C12H15N3S2/c1-8-10-3-5-16-11(10)2-4-15(8)12-14-9(6-13)7-17-12/h3,5,7-8H,2,4,6,13H2,1H3. The number of nitrogens with two attached hydrogens (primary N) is 1. The molecule has 0 fully saturated rings. The van der Waals surface area contributed by atoms with Crippen molar-refractivity contribution in [2.75, 3.05) is 11.4 Å². The van der Waals surface area contributed by atoms with E-state index in [1.807, 2.05) is 11.3 Å². The molecule has 1 atom stereocenters. The summed E-state index contributed by atoms with van der Waals surface area (Å²) in [5, 5.41) is 5.36. The van der Waals surface area contributed by atoms with E-state index in [1.165, 1.54) is 10.4 Å². The SMILES string of the molecule is CC1c2ccsc2CCN1c1nc(CN)cs1. The van der Waals surface area contributed by atoms with E-state index in [-0.39, 0.29) is 0 Å². The van der Waals surface area contributed by atoms with Crippen LogP contribution in [-0.2, 0) is 13.0 Å². The number of thiazole rings is 1. The molecule has 0 spiro atoms. The smallest absolute Gasteiger partial charge is 0.186 e. The van der Waals surface area contributed by atoms with E-state index in [0.717, 1.165) is 23.8 Å². The molecule has 3 rings (SSSR count). The molecule has 2 N–H and O–H groups in total. The summed E-state index contributed by atoms with van der Waals surface area (Å²) in [6.07, 6.45) is 1.13. The van der Waals surface area contributed by atoms with Gasteiger partial charge in [-0.15, -0.1) is 22.7 Å². The predicted octanol–water partition coefficient (Wildman–Crippen LogP) is 2.79. The van der Waals surface area contributed by atoms with Gasteiger partial charge in [0.1, 0.15) is 0 Å². The molecule has 0 aliphatic carbocycles. The van der Waals surface area contributed by atoms with Crippen LogP contribution in [0.3, 0.4) is 0 Å². The first kappa shape index (κ1) is 11.2. The molecule has 17 heavy (non-hydrogen) atoms. The molecule has 1 aliphatic heterocycles. The summed E-state index contributed by atoms with van der Waals surface area (Å²) in [7, 11) is 0. The van der Waals surface area contributed by atoms with Crippen LogP contribution < -0.4 is 10.6 Å². The third kappa shape index (κ3) is 1.88. The van der Waals surface area contributed by atoms with E-state index < -0.39 is 0 Å². The lowest BCUT2D eigenvalue weighted by molar-refractivity contribution is 0.630. The van der Waals surface area contributed by atoms with Crippen molar-refractivity contribution in [2.45, 2.75) is 25.9 Å². The summed E-state index contributed by atoms with van der Waals surface area (Å²) in [5.74, 6) is 0. The highest BCUT2D eigenvalue weighted by Gasteiger charge is 2.26. The van der Waals surface area contributed by atoms with Crippen LogP contribution in [0.4, 0.5) is 5.13 Å². The van der Waals surface area contributed by atoms with Crippen LogP contribution in [0.2, 0.25) is 0 Å². The van der Waals surface area contributed by atoms with Crippen molar-refractivity contribution in [2.24, 2.45) is 5.73 Å². The molecule has 0 aromatic carbocycles. The predicted molar refractivity (Wildman–Crippen MR) is 73.8 cm³/mol. The normalized spacial score (nSPS) is 19.4. The molecule has 0 amide bonds. The number of nitrogens with zero attached hydrogens (tertiary/aromatic N) is 2. The second kappa shape index (κ2) is 4.40. The quantitative estimate of drug-likeness (QED) is 0.908. The fourth-order valence-corrected chi connectivity index (χ4v) is 4.20. The number of aromatic nitrogens is 1. The summed E-state index contributed by atoms with van der Waals surface area (Å²) < 4.78 is 0. The summed E-state index contributed by atoms with van der Waals surface area (Å²) >= 11 is 3.57. The molecular weight excluding hydrogens is 250 g/mol. The number of rotatable bonds is 2. The lowest BCUT2D eigenvalue weighted by Gasteiger charge is -2.33. The minimum Gasteiger partial charge on any atom is -0.341 e. The van der Waals surface area contributed by atoms with Crippen molar-refractivity contribution in [1.82, 2.24) is 4.98 Å². The first-order valence-electron chi connectivity index (χ1n) is 5.77. The zero-order valence-electron chi connectivity index (χ0n) is 9.72. The Bertz CT molecular complexity index is 517. The van der Waals surface area contributed by atoms with Gasteiger partial charge in [-0.3, -0.25) is 0 Å². The zero-order valence-corrected chi connectivity index (χ0v) is 11.4. The topological polar surface area (TPSA) is 42.2 Å². The lowest BCUT2D eigenvalue weighted by Crippen LogP contribution is -2.33. The van der Waals surface area contributed by atoms with Crippen LogP contribution in [0.15, 0.2) is 16.8 Å². The van der Waals surface area contributed by atoms with Crippen molar-refractivity contribution in [3.05, 3.63) is 33.0 Å². The van der Waals surface area contributed by atoms with E-state index in [9.17, 15) is 0 Å². The number of fused-ring (bicyclic) bond motifs is 1. The first-order valence-corrected chi connectivity index (χ1v) is 7.53. The highest BCUT2D eigenvalue weighted by Crippen LogP contribution is 2.36. The van der Waals surface area contributed by atoms with Crippen LogP contribution in [0.5, 0.6) is 0 Å². The maximum Gasteiger partial charge on any atom is 0.186 e. The van der Waals surface area contributed by atoms with Crippen molar-refractivity contribution in [3.63, 3.8) is 0 Å². The molecule has 3 nitrogen and oxygen atoms in total. The van der Waals surface area contributed by atoms with Gasteiger partial charge in [-0.25, -0.2) is 4.98 Å². The Kier molecular flexibility index (Phi) is 2.90. The fourth-order valence-electron chi connectivity index (χ4n) is 2.29. The minimum absolute atomic E-state index is 0.432. The Labute approximate surface area is 109 Å². The van der Waals surface area contributed by atoms with Gasteiger partial charge in [-0.05, 0) is 30.4 Å². The van der Waals surface area contributed by atoms with E-state index in [2.05, 4.69) is 33.6 Å². The molecule has 0 bridgehead atoms. The average molecular weight is 265 g/mol. The summed E-state index contributed by atoms with van der Waals surface area (Å²) in [6, 6.07) is 2.68. The zero-order chi connectivity index (χ0) is 11.8. The van der Waals surface area contributed by atoms with Gasteiger partial charge in [0.25, 0.3) is 0 Å². The first-order chi connectivity index (χ1) is 8.29. The second-order valence-electron chi connectivity index (χ2n) is 4.24. The van der Waals surface area contributed by atoms with Gasteiger partial charge < -0.3 is 10.6 Å². The van der Waals surface area contributed by atoms with Crippen molar-refractivity contribution < 1.29 is 0 Å². The fraction of sp³-hybridized carbons (Fsp3) is 0.417.